The van der Waals surface area contributed by atoms with Gasteiger partial charge in [0.05, 0.1) is 6.54 Å². The fourth-order valence-electron chi connectivity index (χ4n) is 3.22. The first-order valence-corrected chi connectivity index (χ1v) is 8.86. The van der Waals surface area contributed by atoms with Crippen molar-refractivity contribution < 1.29 is 4.79 Å². The molecule has 1 aliphatic rings. The van der Waals surface area contributed by atoms with E-state index in [9.17, 15) is 14.4 Å². The largest absolute Gasteiger partial charge is 0.335 e. The molecule has 28 heavy (non-hydrogen) atoms. The number of fused-ring (bicyclic) bond motifs is 1. The number of hydrogen-bond donors (Lipinski definition) is 0. The average Bonchev–Trinajstić information content (AvgIpc) is 3.02. The normalized spacial score (nSPS) is 13.9. The molecule has 0 radical (unpaired) electrons. The number of rotatable bonds is 2. The zero-order valence-corrected chi connectivity index (χ0v) is 15.6. The molecule has 0 unspecified atom stereocenters. The fourth-order valence-corrected chi connectivity index (χ4v) is 3.22. The van der Waals surface area contributed by atoms with E-state index in [1.807, 2.05) is 12.1 Å². The van der Waals surface area contributed by atoms with Crippen molar-refractivity contribution >= 4 is 5.91 Å². The maximum atomic E-state index is 12.9. The van der Waals surface area contributed by atoms with Crippen LogP contribution in [0.1, 0.15) is 16.3 Å². The van der Waals surface area contributed by atoms with E-state index < -0.39 is 11.2 Å². The third kappa shape index (κ3) is 3.02. The molecule has 0 saturated carbocycles. The van der Waals surface area contributed by atoms with Crippen molar-refractivity contribution in [2.45, 2.75) is 13.0 Å². The van der Waals surface area contributed by atoms with Crippen molar-refractivity contribution in [1.29, 1.82) is 0 Å². The molecule has 10 heteroatoms. The molecule has 0 spiro atoms. The standard InChI is InChI=1S/C18H19N7O3/c1-22-13(10-15(26)23(2)18(22)28)17(27)24-7-5-14-20-16(21-25(14)9-8-24)12-4-3-6-19-11-12/h3-4,6,10-11H,5,7-9H2,1-2H3. The van der Waals surface area contributed by atoms with Crippen LogP contribution in [0.4, 0.5) is 0 Å². The summed E-state index contributed by atoms with van der Waals surface area (Å²) in [6.45, 7) is 1.31. The van der Waals surface area contributed by atoms with Gasteiger partial charge >= 0.3 is 5.69 Å². The van der Waals surface area contributed by atoms with Gasteiger partial charge in [-0.2, -0.15) is 5.10 Å². The summed E-state index contributed by atoms with van der Waals surface area (Å²) in [5.74, 6) is 1.04. The lowest BCUT2D eigenvalue weighted by Crippen LogP contribution is -2.43. The summed E-state index contributed by atoms with van der Waals surface area (Å²) >= 11 is 0. The summed E-state index contributed by atoms with van der Waals surface area (Å²) in [4.78, 5) is 47.2. The molecule has 4 rings (SSSR count). The predicted octanol–water partition coefficient (Wildman–Crippen LogP) is -0.564. The van der Waals surface area contributed by atoms with Crippen LogP contribution in [0, 0.1) is 0 Å². The molecule has 0 N–H and O–H groups in total. The Labute approximate surface area is 159 Å². The maximum Gasteiger partial charge on any atom is 0.331 e. The van der Waals surface area contributed by atoms with E-state index in [0.29, 0.717) is 31.9 Å². The van der Waals surface area contributed by atoms with Gasteiger partial charge in [0.25, 0.3) is 11.5 Å². The minimum absolute atomic E-state index is 0.0802. The Morgan fingerprint density at radius 2 is 1.93 bits per heavy atom. The molecule has 4 heterocycles. The van der Waals surface area contributed by atoms with Gasteiger partial charge < -0.3 is 4.90 Å². The van der Waals surface area contributed by atoms with Crippen LogP contribution in [0.5, 0.6) is 0 Å². The molecule has 3 aromatic rings. The molecule has 10 nitrogen and oxygen atoms in total. The van der Waals surface area contributed by atoms with Gasteiger partial charge in [0.15, 0.2) is 5.82 Å². The molecular weight excluding hydrogens is 362 g/mol. The van der Waals surface area contributed by atoms with Crippen LogP contribution in [0.3, 0.4) is 0 Å². The van der Waals surface area contributed by atoms with Crippen LogP contribution in [-0.4, -0.2) is 52.8 Å². The number of hydrogen-bond acceptors (Lipinski definition) is 6. The molecule has 3 aromatic heterocycles. The minimum atomic E-state index is -0.527. The summed E-state index contributed by atoms with van der Waals surface area (Å²) in [5.41, 5.74) is -0.110. The van der Waals surface area contributed by atoms with Crippen LogP contribution in [-0.2, 0) is 27.1 Å². The summed E-state index contributed by atoms with van der Waals surface area (Å²) in [6, 6.07) is 4.93. The van der Waals surface area contributed by atoms with Gasteiger partial charge in [-0.15, -0.1) is 0 Å². The van der Waals surface area contributed by atoms with E-state index in [-0.39, 0.29) is 11.6 Å². The predicted molar refractivity (Wildman–Crippen MR) is 99.8 cm³/mol. The van der Waals surface area contributed by atoms with E-state index in [1.165, 1.54) is 24.7 Å². The van der Waals surface area contributed by atoms with Crippen LogP contribution < -0.4 is 11.2 Å². The van der Waals surface area contributed by atoms with Crippen LogP contribution in [0.2, 0.25) is 0 Å². The Kier molecular flexibility index (Phi) is 4.38. The molecule has 0 bridgehead atoms. The number of pyridine rings is 1. The zero-order chi connectivity index (χ0) is 19.8. The highest BCUT2D eigenvalue weighted by atomic mass is 16.2. The molecule has 0 aliphatic carbocycles. The summed E-state index contributed by atoms with van der Waals surface area (Å²) in [5, 5.41) is 4.52. The second-order valence-electron chi connectivity index (χ2n) is 6.63. The number of aromatic nitrogens is 6. The lowest BCUT2D eigenvalue weighted by atomic mass is 10.3. The minimum Gasteiger partial charge on any atom is -0.335 e. The highest BCUT2D eigenvalue weighted by Crippen LogP contribution is 2.16. The smallest absolute Gasteiger partial charge is 0.331 e. The third-order valence-corrected chi connectivity index (χ3v) is 4.89. The first kappa shape index (κ1) is 17.8. The summed E-state index contributed by atoms with van der Waals surface area (Å²) < 4.78 is 3.96. The molecule has 0 fully saturated rings. The lowest BCUT2D eigenvalue weighted by molar-refractivity contribution is 0.0746. The van der Waals surface area contributed by atoms with E-state index in [1.54, 1.807) is 22.0 Å². The highest BCUT2D eigenvalue weighted by molar-refractivity contribution is 5.92. The highest BCUT2D eigenvalue weighted by Gasteiger charge is 2.24. The zero-order valence-electron chi connectivity index (χ0n) is 15.6. The molecule has 0 aromatic carbocycles. The van der Waals surface area contributed by atoms with E-state index in [2.05, 4.69) is 15.1 Å². The van der Waals surface area contributed by atoms with Gasteiger partial charge in [-0.1, -0.05) is 0 Å². The average molecular weight is 381 g/mol. The van der Waals surface area contributed by atoms with Gasteiger partial charge in [-0.25, -0.2) is 14.5 Å². The molecular formula is C18H19N7O3. The quantitative estimate of drug-likeness (QED) is 0.589. The summed E-state index contributed by atoms with van der Waals surface area (Å²) in [6.07, 6.45) is 3.93. The molecule has 144 valence electrons. The second kappa shape index (κ2) is 6.87. The molecule has 1 aliphatic heterocycles. The van der Waals surface area contributed by atoms with Crippen molar-refractivity contribution in [3.8, 4) is 11.4 Å². The van der Waals surface area contributed by atoms with E-state index in [4.69, 9.17) is 0 Å². The van der Waals surface area contributed by atoms with Crippen LogP contribution in [0.25, 0.3) is 11.4 Å². The van der Waals surface area contributed by atoms with Gasteiger partial charge in [-0.3, -0.25) is 23.7 Å². The Bertz CT molecular complexity index is 1130. The number of carbonyl (C=O) groups is 1. The number of nitrogens with zero attached hydrogens (tertiary/aromatic N) is 7. The number of amides is 1. The Morgan fingerprint density at radius 1 is 1.11 bits per heavy atom. The SMILES string of the molecule is Cn1c(C(=O)N2CCc3nc(-c4cccnc4)nn3CC2)cc(=O)n(C)c1=O. The van der Waals surface area contributed by atoms with Crippen molar-refractivity contribution in [1.82, 2.24) is 33.8 Å². The van der Waals surface area contributed by atoms with Crippen molar-refractivity contribution in [2.75, 3.05) is 13.1 Å². The number of carbonyl (C=O) groups excluding carboxylic acids is 1. The summed E-state index contributed by atoms with van der Waals surface area (Å²) in [7, 11) is 2.87. The fraction of sp³-hybridized carbons (Fsp3) is 0.333. The first-order valence-electron chi connectivity index (χ1n) is 8.86. The maximum absolute atomic E-state index is 12.9. The Hall–Kier alpha value is -3.56. The van der Waals surface area contributed by atoms with Crippen molar-refractivity contribution in [3.05, 3.63) is 62.9 Å². The Morgan fingerprint density at radius 3 is 2.68 bits per heavy atom. The van der Waals surface area contributed by atoms with E-state index in [0.717, 1.165) is 16.0 Å². The van der Waals surface area contributed by atoms with Crippen molar-refractivity contribution in [3.63, 3.8) is 0 Å². The Balaban J connectivity index is 1.57. The monoisotopic (exact) mass is 381 g/mol. The second-order valence-corrected chi connectivity index (χ2v) is 6.63. The molecule has 0 atom stereocenters. The van der Waals surface area contributed by atoms with Gasteiger partial charge in [0, 0.05) is 57.6 Å². The van der Waals surface area contributed by atoms with E-state index >= 15 is 0 Å². The first-order chi connectivity index (χ1) is 13.5. The van der Waals surface area contributed by atoms with Gasteiger partial charge in [0.2, 0.25) is 0 Å². The lowest BCUT2D eigenvalue weighted by Gasteiger charge is -2.21. The van der Waals surface area contributed by atoms with Crippen LogP contribution in [0.15, 0.2) is 40.2 Å². The topological polar surface area (TPSA) is 108 Å². The molecule has 1 amide bonds. The molecule has 0 saturated heterocycles. The van der Waals surface area contributed by atoms with Crippen LogP contribution >= 0.6 is 0 Å². The van der Waals surface area contributed by atoms with Gasteiger partial charge in [-0.05, 0) is 12.1 Å². The van der Waals surface area contributed by atoms with Crippen molar-refractivity contribution in [2.24, 2.45) is 14.1 Å². The van der Waals surface area contributed by atoms with Gasteiger partial charge in [0.1, 0.15) is 11.5 Å². The third-order valence-electron chi connectivity index (χ3n) is 4.89.